The lowest BCUT2D eigenvalue weighted by atomic mass is 10.2. The molecule has 0 bridgehead atoms. The van der Waals surface area contributed by atoms with Crippen molar-refractivity contribution in [1.29, 1.82) is 0 Å². The minimum Gasteiger partial charge on any atom is -0.443 e. The van der Waals surface area contributed by atoms with E-state index in [1.165, 1.54) is 6.20 Å². The predicted molar refractivity (Wildman–Crippen MR) is 103 cm³/mol. The first-order valence-electron chi connectivity index (χ1n) is 8.36. The molecule has 0 aliphatic heterocycles. The average molecular weight is 456 g/mol. The molecule has 2 aromatic rings. The van der Waals surface area contributed by atoms with E-state index in [-0.39, 0.29) is 23.2 Å². The summed E-state index contributed by atoms with van der Waals surface area (Å²) in [5, 5.41) is 3.80. The zero-order valence-corrected chi connectivity index (χ0v) is 18.3. The molecule has 2 aromatic heterocycles. The van der Waals surface area contributed by atoms with Gasteiger partial charge in [-0.05, 0) is 57.5 Å². The zero-order valence-electron chi connectivity index (χ0n) is 16.7. The molecule has 0 unspecified atom stereocenters. The maximum atomic E-state index is 12.8. The molecular weight excluding hydrogens is 434 g/mol. The summed E-state index contributed by atoms with van der Waals surface area (Å²) in [6.07, 6.45) is -0.618. The van der Waals surface area contributed by atoms with Crippen molar-refractivity contribution in [3.63, 3.8) is 0 Å². The molecular formula is C17H22BrN5O5. The van der Waals surface area contributed by atoms with Crippen LogP contribution in [0.2, 0.25) is 0 Å². The van der Waals surface area contributed by atoms with Gasteiger partial charge in [-0.2, -0.15) is 9.88 Å². The fraction of sp³-hybridized carbons (Fsp3) is 0.529. The van der Waals surface area contributed by atoms with E-state index in [4.69, 9.17) is 14.0 Å². The number of imide groups is 1. The second kappa shape index (κ2) is 7.82. The second-order valence-corrected chi connectivity index (χ2v) is 8.61. The van der Waals surface area contributed by atoms with Gasteiger partial charge in [0.15, 0.2) is 11.5 Å². The van der Waals surface area contributed by atoms with E-state index < -0.39 is 23.4 Å². The Morgan fingerprint density at radius 1 is 1.04 bits per heavy atom. The highest BCUT2D eigenvalue weighted by Gasteiger charge is 2.36. The fourth-order valence-corrected chi connectivity index (χ4v) is 2.21. The molecule has 11 heteroatoms. The lowest BCUT2D eigenvalue weighted by Crippen LogP contribution is -2.44. The quantitative estimate of drug-likeness (QED) is 0.652. The molecule has 0 atom stereocenters. The lowest BCUT2D eigenvalue weighted by molar-refractivity contribution is 0.0429. The molecule has 0 aliphatic carbocycles. The Labute approximate surface area is 170 Å². The fourth-order valence-electron chi connectivity index (χ4n) is 1.93. The smallest absolute Gasteiger partial charge is 0.425 e. The summed E-state index contributed by atoms with van der Waals surface area (Å²) in [6, 6.07) is 0. The number of rotatable bonds is 2. The van der Waals surface area contributed by atoms with Crippen molar-refractivity contribution in [3.8, 4) is 11.5 Å². The first-order valence-corrected chi connectivity index (χ1v) is 9.15. The van der Waals surface area contributed by atoms with Crippen LogP contribution in [-0.2, 0) is 9.47 Å². The van der Waals surface area contributed by atoms with Gasteiger partial charge in [-0.25, -0.2) is 19.6 Å². The van der Waals surface area contributed by atoms with E-state index in [2.05, 4.69) is 36.0 Å². The number of nitrogens with zero attached hydrogens (tertiary/aromatic N) is 5. The molecule has 0 aliphatic rings. The molecule has 152 valence electrons. The molecule has 2 heterocycles. The van der Waals surface area contributed by atoms with E-state index >= 15 is 0 Å². The minimum absolute atomic E-state index is 0.0444. The van der Waals surface area contributed by atoms with Crippen LogP contribution in [0, 0.1) is 6.92 Å². The normalized spacial score (nSPS) is 11.9. The number of anilines is 1. The topological polar surface area (TPSA) is 121 Å². The van der Waals surface area contributed by atoms with Crippen LogP contribution in [0.5, 0.6) is 0 Å². The number of hydrogen-bond acceptors (Lipinski definition) is 9. The van der Waals surface area contributed by atoms with Gasteiger partial charge in [0.25, 0.3) is 0 Å². The molecule has 10 nitrogen and oxygen atoms in total. The summed E-state index contributed by atoms with van der Waals surface area (Å²) in [4.78, 5) is 38.8. The maximum absolute atomic E-state index is 12.8. The van der Waals surface area contributed by atoms with Gasteiger partial charge in [-0.15, -0.1) is 0 Å². The predicted octanol–water partition coefficient (Wildman–Crippen LogP) is 4.27. The number of carbonyl (C=O) groups excluding carboxylic acids is 2. The molecule has 2 amide bonds. The number of aromatic nitrogens is 4. The van der Waals surface area contributed by atoms with Crippen LogP contribution in [0.1, 0.15) is 47.4 Å². The monoisotopic (exact) mass is 455 g/mol. The van der Waals surface area contributed by atoms with E-state index in [0.717, 1.165) is 0 Å². The van der Waals surface area contributed by atoms with Crippen LogP contribution in [0.3, 0.4) is 0 Å². The number of halogens is 1. The Balaban J connectivity index is 2.60. The molecule has 0 saturated carbocycles. The Morgan fingerprint density at radius 3 is 2.00 bits per heavy atom. The molecule has 2 rings (SSSR count). The van der Waals surface area contributed by atoms with Crippen LogP contribution >= 0.6 is 15.9 Å². The Kier molecular flexibility index (Phi) is 6.07. The first-order chi connectivity index (χ1) is 12.8. The van der Waals surface area contributed by atoms with E-state index in [1.807, 2.05) is 0 Å². The maximum Gasteiger partial charge on any atom is 0.425 e. The Hall–Kier alpha value is -2.56. The first kappa shape index (κ1) is 21.7. The van der Waals surface area contributed by atoms with Crippen molar-refractivity contribution in [2.45, 2.75) is 59.7 Å². The molecule has 28 heavy (non-hydrogen) atoms. The van der Waals surface area contributed by atoms with Crippen LogP contribution in [0.4, 0.5) is 15.4 Å². The second-order valence-electron chi connectivity index (χ2n) is 7.80. The molecule has 0 N–H and O–H groups in total. The van der Waals surface area contributed by atoms with Crippen molar-refractivity contribution < 1.29 is 23.6 Å². The lowest BCUT2D eigenvalue weighted by Gasteiger charge is -2.28. The summed E-state index contributed by atoms with van der Waals surface area (Å²) in [5.41, 5.74) is -1.67. The highest BCUT2D eigenvalue weighted by Crippen LogP contribution is 2.29. The third kappa shape index (κ3) is 5.72. The van der Waals surface area contributed by atoms with Crippen molar-refractivity contribution >= 4 is 33.9 Å². The summed E-state index contributed by atoms with van der Waals surface area (Å²) in [5.74, 6) is 0.190. The van der Waals surface area contributed by atoms with Crippen LogP contribution < -0.4 is 4.90 Å². The van der Waals surface area contributed by atoms with Gasteiger partial charge in [0, 0.05) is 6.92 Å². The third-order valence-corrected chi connectivity index (χ3v) is 3.21. The summed E-state index contributed by atoms with van der Waals surface area (Å²) in [6.45, 7) is 11.7. The van der Waals surface area contributed by atoms with Crippen LogP contribution in [-0.4, -0.2) is 43.5 Å². The van der Waals surface area contributed by atoms with Crippen LogP contribution in [0.15, 0.2) is 15.3 Å². The van der Waals surface area contributed by atoms with Gasteiger partial charge in [-0.1, -0.05) is 5.16 Å². The molecule has 0 aromatic carbocycles. The number of amides is 2. The zero-order chi connectivity index (χ0) is 21.3. The molecule has 0 radical (unpaired) electrons. The van der Waals surface area contributed by atoms with Gasteiger partial charge in [0.1, 0.15) is 15.8 Å². The Bertz CT molecular complexity index is 857. The van der Waals surface area contributed by atoms with Crippen molar-refractivity contribution in [1.82, 2.24) is 20.1 Å². The van der Waals surface area contributed by atoms with Gasteiger partial charge in [0.2, 0.25) is 11.7 Å². The Morgan fingerprint density at radius 2 is 1.57 bits per heavy atom. The average Bonchev–Trinajstić information content (AvgIpc) is 2.91. The van der Waals surface area contributed by atoms with Crippen molar-refractivity contribution in [3.05, 3.63) is 16.7 Å². The number of aryl methyl sites for hydroxylation is 1. The summed E-state index contributed by atoms with van der Waals surface area (Å²) in [7, 11) is 0. The SMILES string of the molecule is Cc1nc(-c2nc(Br)cnc2N(C(=O)OC(C)(C)C)C(=O)OC(C)(C)C)no1. The molecule has 0 spiro atoms. The van der Waals surface area contributed by atoms with E-state index in [0.29, 0.717) is 9.50 Å². The number of ether oxygens (including phenoxy) is 2. The van der Waals surface area contributed by atoms with Gasteiger partial charge < -0.3 is 14.0 Å². The van der Waals surface area contributed by atoms with E-state index in [9.17, 15) is 9.59 Å². The summed E-state index contributed by atoms with van der Waals surface area (Å²) < 4.78 is 16.0. The standard InChI is InChI=1S/C17H22BrN5O5/c1-9-20-12(22-28-9)11-13(19-8-10(18)21-11)23(14(24)26-16(2,3)4)15(25)27-17(5,6)7/h8H,1-7H3. The number of hydrogen-bond donors (Lipinski definition) is 0. The van der Waals surface area contributed by atoms with Gasteiger partial charge in [0.05, 0.1) is 6.20 Å². The van der Waals surface area contributed by atoms with Crippen molar-refractivity contribution in [2.24, 2.45) is 0 Å². The largest absolute Gasteiger partial charge is 0.443 e. The highest BCUT2D eigenvalue weighted by molar-refractivity contribution is 9.10. The van der Waals surface area contributed by atoms with Gasteiger partial charge >= 0.3 is 12.2 Å². The number of carbonyl (C=O) groups is 2. The van der Waals surface area contributed by atoms with Crippen LogP contribution in [0.25, 0.3) is 11.5 Å². The molecule has 0 fully saturated rings. The van der Waals surface area contributed by atoms with E-state index in [1.54, 1.807) is 48.5 Å². The summed E-state index contributed by atoms with van der Waals surface area (Å²) >= 11 is 3.21. The van der Waals surface area contributed by atoms with Gasteiger partial charge in [-0.3, -0.25) is 0 Å². The minimum atomic E-state index is -0.972. The highest BCUT2D eigenvalue weighted by atomic mass is 79.9. The third-order valence-electron chi connectivity index (χ3n) is 2.83. The van der Waals surface area contributed by atoms with Crippen molar-refractivity contribution in [2.75, 3.05) is 4.90 Å². The molecule has 0 saturated heterocycles.